The number of hydrogen-bond acceptors (Lipinski definition) is 4. The van der Waals surface area contributed by atoms with Gasteiger partial charge in [0.2, 0.25) is 5.91 Å². The molecule has 0 aliphatic rings. The van der Waals surface area contributed by atoms with E-state index in [1.165, 1.54) is 0 Å². The monoisotopic (exact) mass is 223 g/mol. The fourth-order valence-electron chi connectivity index (χ4n) is 1.38. The van der Waals surface area contributed by atoms with Crippen LogP contribution in [-0.2, 0) is 11.3 Å². The first kappa shape index (κ1) is 12.4. The lowest BCUT2D eigenvalue weighted by atomic mass is 10.2. The van der Waals surface area contributed by atoms with Crippen LogP contribution in [0.5, 0.6) is 5.75 Å². The Balaban J connectivity index is 2.54. The van der Waals surface area contributed by atoms with E-state index in [4.69, 9.17) is 5.73 Å². The summed E-state index contributed by atoms with van der Waals surface area (Å²) in [5.41, 5.74) is 6.50. The molecule has 4 N–H and O–H groups in total. The number of hydrogen-bond donors (Lipinski definition) is 3. The van der Waals surface area contributed by atoms with Crippen LogP contribution in [0.1, 0.15) is 24.7 Å². The molecule has 1 atom stereocenters. The molecular weight excluding hydrogens is 206 g/mol. The lowest BCUT2D eigenvalue weighted by molar-refractivity contribution is -0.118. The third-order valence-corrected chi connectivity index (χ3v) is 2.21. The molecule has 0 bridgehead atoms. The number of aromatic nitrogens is 1. The van der Waals surface area contributed by atoms with Gasteiger partial charge in [0.05, 0.1) is 5.69 Å². The Bertz CT molecular complexity index is 379. The Kier molecular flexibility index (Phi) is 4.25. The summed E-state index contributed by atoms with van der Waals surface area (Å²) >= 11 is 0. The normalized spacial score (nSPS) is 12.4. The Morgan fingerprint density at radius 2 is 2.31 bits per heavy atom. The van der Waals surface area contributed by atoms with E-state index < -0.39 is 0 Å². The van der Waals surface area contributed by atoms with Gasteiger partial charge in [0.15, 0.2) is 0 Å². The van der Waals surface area contributed by atoms with Gasteiger partial charge in [-0.3, -0.25) is 9.78 Å². The molecule has 0 fully saturated rings. The Labute approximate surface area is 94.7 Å². The van der Waals surface area contributed by atoms with Crippen LogP contribution < -0.4 is 11.1 Å². The molecule has 16 heavy (non-hydrogen) atoms. The minimum absolute atomic E-state index is 0.0285. The number of primary amides is 1. The predicted molar refractivity (Wildman–Crippen MR) is 60.8 cm³/mol. The molecule has 88 valence electrons. The summed E-state index contributed by atoms with van der Waals surface area (Å²) in [6.45, 7) is 4.13. The van der Waals surface area contributed by atoms with E-state index in [0.717, 1.165) is 5.69 Å². The maximum atomic E-state index is 10.7. The molecular formula is C11H17N3O2. The van der Waals surface area contributed by atoms with Crippen molar-refractivity contribution in [1.82, 2.24) is 10.3 Å². The number of amides is 1. The van der Waals surface area contributed by atoms with Crippen LogP contribution in [-0.4, -0.2) is 22.0 Å². The maximum absolute atomic E-state index is 10.7. The summed E-state index contributed by atoms with van der Waals surface area (Å²) in [6, 6.07) is 3.32. The number of nitrogens with one attached hydrogen (secondary N) is 1. The summed E-state index contributed by atoms with van der Waals surface area (Å²) in [5, 5.41) is 12.6. The van der Waals surface area contributed by atoms with Crippen LogP contribution in [0, 0.1) is 6.92 Å². The van der Waals surface area contributed by atoms with Gasteiger partial charge in [-0.15, -0.1) is 0 Å². The van der Waals surface area contributed by atoms with Crippen molar-refractivity contribution in [3.63, 3.8) is 0 Å². The van der Waals surface area contributed by atoms with Crippen molar-refractivity contribution in [3.05, 3.63) is 23.5 Å². The molecule has 0 saturated carbocycles. The van der Waals surface area contributed by atoms with Gasteiger partial charge in [-0.25, -0.2) is 0 Å². The van der Waals surface area contributed by atoms with Crippen molar-refractivity contribution in [2.75, 3.05) is 0 Å². The molecule has 1 unspecified atom stereocenters. The Morgan fingerprint density at radius 1 is 1.62 bits per heavy atom. The SMILES string of the molecule is Cc1ccc(O)c(CNC(C)CC(N)=O)n1. The van der Waals surface area contributed by atoms with Gasteiger partial charge in [0.25, 0.3) is 0 Å². The van der Waals surface area contributed by atoms with Crippen LogP contribution in [0.2, 0.25) is 0 Å². The number of rotatable bonds is 5. The second-order valence-corrected chi connectivity index (χ2v) is 3.87. The van der Waals surface area contributed by atoms with E-state index in [9.17, 15) is 9.90 Å². The number of pyridine rings is 1. The van der Waals surface area contributed by atoms with E-state index >= 15 is 0 Å². The molecule has 0 aliphatic heterocycles. The zero-order chi connectivity index (χ0) is 12.1. The smallest absolute Gasteiger partial charge is 0.218 e. The molecule has 0 aromatic carbocycles. The number of carbonyl (C=O) groups is 1. The van der Waals surface area contributed by atoms with Crippen LogP contribution in [0.4, 0.5) is 0 Å². The summed E-state index contributed by atoms with van der Waals surface area (Å²) in [7, 11) is 0. The molecule has 0 saturated heterocycles. The Hall–Kier alpha value is -1.62. The molecule has 5 nitrogen and oxygen atoms in total. The standard InChI is InChI=1S/C11H17N3O2/c1-7-3-4-10(15)9(14-7)6-13-8(2)5-11(12)16/h3-4,8,13,15H,5-6H2,1-2H3,(H2,12,16). The topological polar surface area (TPSA) is 88.2 Å². The van der Waals surface area contributed by atoms with Gasteiger partial charge in [-0.2, -0.15) is 0 Å². The van der Waals surface area contributed by atoms with E-state index in [1.54, 1.807) is 12.1 Å². The van der Waals surface area contributed by atoms with Crippen LogP contribution in [0.3, 0.4) is 0 Å². The maximum Gasteiger partial charge on any atom is 0.218 e. The summed E-state index contributed by atoms with van der Waals surface area (Å²) in [5.74, 6) is -0.189. The number of nitrogens with zero attached hydrogens (tertiary/aromatic N) is 1. The van der Waals surface area contributed by atoms with Gasteiger partial charge in [-0.1, -0.05) is 0 Å². The van der Waals surface area contributed by atoms with Crippen molar-refractivity contribution >= 4 is 5.91 Å². The number of carbonyl (C=O) groups excluding carboxylic acids is 1. The molecule has 0 aliphatic carbocycles. The van der Waals surface area contributed by atoms with Gasteiger partial charge < -0.3 is 16.2 Å². The highest BCUT2D eigenvalue weighted by Crippen LogP contribution is 2.14. The van der Waals surface area contributed by atoms with Crippen molar-refractivity contribution in [2.45, 2.75) is 32.9 Å². The van der Waals surface area contributed by atoms with Gasteiger partial charge in [0.1, 0.15) is 5.75 Å². The summed E-state index contributed by atoms with van der Waals surface area (Å²) in [6.07, 6.45) is 0.270. The average molecular weight is 223 g/mol. The van der Waals surface area contributed by atoms with Crippen molar-refractivity contribution in [3.8, 4) is 5.75 Å². The van der Waals surface area contributed by atoms with Crippen LogP contribution in [0.25, 0.3) is 0 Å². The minimum atomic E-state index is -0.346. The first-order valence-corrected chi connectivity index (χ1v) is 5.16. The van der Waals surface area contributed by atoms with Crippen LogP contribution >= 0.6 is 0 Å². The second-order valence-electron chi connectivity index (χ2n) is 3.87. The molecule has 5 heteroatoms. The zero-order valence-corrected chi connectivity index (χ0v) is 9.53. The molecule has 1 amide bonds. The lowest BCUT2D eigenvalue weighted by Crippen LogP contribution is -2.30. The quantitative estimate of drug-likeness (QED) is 0.676. The molecule has 1 heterocycles. The Morgan fingerprint density at radius 3 is 2.94 bits per heavy atom. The molecule has 1 rings (SSSR count). The summed E-state index contributed by atoms with van der Waals surface area (Å²) < 4.78 is 0. The van der Waals surface area contributed by atoms with Crippen molar-refractivity contribution < 1.29 is 9.90 Å². The van der Waals surface area contributed by atoms with E-state index in [0.29, 0.717) is 12.2 Å². The lowest BCUT2D eigenvalue weighted by Gasteiger charge is -2.12. The van der Waals surface area contributed by atoms with Crippen molar-refractivity contribution in [1.29, 1.82) is 0 Å². The number of aromatic hydroxyl groups is 1. The number of aryl methyl sites for hydroxylation is 1. The highest BCUT2D eigenvalue weighted by atomic mass is 16.3. The molecule has 1 aromatic heterocycles. The average Bonchev–Trinajstić information content (AvgIpc) is 2.18. The van der Waals surface area contributed by atoms with E-state index in [2.05, 4.69) is 10.3 Å². The van der Waals surface area contributed by atoms with Gasteiger partial charge >= 0.3 is 0 Å². The molecule has 0 spiro atoms. The van der Waals surface area contributed by atoms with Gasteiger partial charge in [-0.05, 0) is 26.0 Å². The van der Waals surface area contributed by atoms with Crippen LogP contribution in [0.15, 0.2) is 12.1 Å². The largest absolute Gasteiger partial charge is 0.506 e. The first-order valence-electron chi connectivity index (χ1n) is 5.16. The first-order chi connectivity index (χ1) is 7.49. The number of nitrogens with two attached hydrogens (primary N) is 1. The molecule has 1 aromatic rings. The van der Waals surface area contributed by atoms with Crippen molar-refractivity contribution in [2.24, 2.45) is 5.73 Å². The highest BCUT2D eigenvalue weighted by molar-refractivity contribution is 5.74. The van der Waals surface area contributed by atoms with Gasteiger partial charge in [0, 0.05) is 24.7 Å². The second kappa shape index (κ2) is 5.46. The summed E-state index contributed by atoms with van der Waals surface area (Å²) in [4.78, 5) is 14.9. The van der Waals surface area contributed by atoms with E-state index in [-0.39, 0.29) is 24.1 Å². The molecule has 0 radical (unpaired) electrons. The van der Waals surface area contributed by atoms with E-state index in [1.807, 2.05) is 13.8 Å². The predicted octanol–water partition coefficient (Wildman–Crippen LogP) is 0.449. The zero-order valence-electron chi connectivity index (χ0n) is 9.53. The minimum Gasteiger partial charge on any atom is -0.506 e. The fourth-order valence-corrected chi connectivity index (χ4v) is 1.38. The highest BCUT2D eigenvalue weighted by Gasteiger charge is 2.08. The fraction of sp³-hybridized carbons (Fsp3) is 0.455. The third kappa shape index (κ3) is 3.86. The third-order valence-electron chi connectivity index (χ3n) is 2.21.